The van der Waals surface area contributed by atoms with Gasteiger partial charge < -0.3 is 10.6 Å². The molecule has 0 radical (unpaired) electrons. The molecule has 0 saturated carbocycles. The number of hydrogen-bond donors (Lipinski definition) is 2. The Morgan fingerprint density at radius 1 is 1.12 bits per heavy atom. The lowest BCUT2D eigenvalue weighted by Gasteiger charge is -2.37. The van der Waals surface area contributed by atoms with Crippen molar-refractivity contribution in [3.05, 3.63) is 24.6 Å². The molecule has 1 aliphatic rings. The molecule has 1 aliphatic heterocycles. The molecule has 0 aliphatic carbocycles. The molecule has 0 fully saturated rings. The van der Waals surface area contributed by atoms with Crippen molar-refractivity contribution in [1.82, 2.24) is 10.6 Å². The zero-order valence-electron chi connectivity index (χ0n) is 16.7. The monoisotopic (exact) mass is 350 g/mol. The number of likely N-dealkylation sites (N-methyl/N-ethyl adjacent to an activating group) is 1. The first-order chi connectivity index (χ1) is 12.1. The zero-order valence-corrected chi connectivity index (χ0v) is 16.7. The lowest BCUT2D eigenvalue weighted by atomic mass is 10.1. The van der Waals surface area contributed by atoms with Gasteiger partial charge in [0, 0.05) is 13.3 Å². The molecular formula is C21H40N3O+. The molecule has 2 unspecified atom stereocenters. The van der Waals surface area contributed by atoms with Gasteiger partial charge in [-0.25, -0.2) is 0 Å². The Morgan fingerprint density at radius 3 is 2.48 bits per heavy atom. The minimum atomic E-state index is 0.0599. The van der Waals surface area contributed by atoms with Crippen LogP contribution in [0, 0.1) is 0 Å². The summed E-state index contributed by atoms with van der Waals surface area (Å²) in [6, 6.07) is 0. The molecule has 1 heterocycles. The number of rotatable bonds is 14. The highest BCUT2D eigenvalue weighted by atomic mass is 16.1. The standard InChI is InChI=1S/C21H39N3O/c1-4-6-7-8-9-10-11-12-13-14-15-21-23-17-19-24(21,5-2)18-16-22-20(3)25/h9-10,17,19,21,23H,4-8,11-16,18H2,1-3H3/p+1/b10-9+. The predicted molar refractivity (Wildman–Crippen MR) is 107 cm³/mol. The van der Waals surface area contributed by atoms with E-state index >= 15 is 0 Å². The first-order valence-electron chi connectivity index (χ1n) is 10.3. The van der Waals surface area contributed by atoms with Gasteiger partial charge in [-0.2, -0.15) is 0 Å². The molecule has 0 aromatic rings. The van der Waals surface area contributed by atoms with Crippen molar-refractivity contribution in [1.29, 1.82) is 0 Å². The summed E-state index contributed by atoms with van der Waals surface area (Å²) >= 11 is 0. The van der Waals surface area contributed by atoms with Crippen LogP contribution < -0.4 is 10.6 Å². The second kappa shape index (κ2) is 13.0. The van der Waals surface area contributed by atoms with Crippen molar-refractivity contribution in [3.63, 3.8) is 0 Å². The van der Waals surface area contributed by atoms with Crippen LogP contribution >= 0.6 is 0 Å². The van der Waals surface area contributed by atoms with Crippen LogP contribution in [0.15, 0.2) is 24.6 Å². The number of allylic oxidation sites excluding steroid dienone is 2. The van der Waals surface area contributed by atoms with Crippen molar-refractivity contribution in [2.75, 3.05) is 19.6 Å². The van der Waals surface area contributed by atoms with Gasteiger partial charge in [0.2, 0.25) is 5.91 Å². The molecule has 0 aromatic heterocycles. The molecule has 25 heavy (non-hydrogen) atoms. The predicted octanol–water partition coefficient (Wildman–Crippen LogP) is 4.45. The Labute approximate surface area is 155 Å². The van der Waals surface area contributed by atoms with Crippen LogP contribution in [0.4, 0.5) is 0 Å². The molecule has 144 valence electrons. The first kappa shape index (κ1) is 21.8. The first-order valence-corrected chi connectivity index (χ1v) is 10.3. The maximum absolute atomic E-state index is 11.1. The topological polar surface area (TPSA) is 41.1 Å². The van der Waals surface area contributed by atoms with Gasteiger partial charge in [0.15, 0.2) is 6.17 Å². The van der Waals surface area contributed by atoms with Crippen LogP contribution in [0.2, 0.25) is 0 Å². The highest BCUT2D eigenvalue weighted by molar-refractivity contribution is 5.72. The molecule has 4 heteroatoms. The van der Waals surface area contributed by atoms with E-state index in [-0.39, 0.29) is 5.91 Å². The largest absolute Gasteiger partial charge is 0.351 e. The summed E-state index contributed by atoms with van der Waals surface area (Å²) in [7, 11) is 0. The quantitative estimate of drug-likeness (QED) is 0.276. The van der Waals surface area contributed by atoms with Crippen LogP contribution in [0.1, 0.15) is 78.6 Å². The second-order valence-corrected chi connectivity index (χ2v) is 7.23. The number of amides is 1. The van der Waals surface area contributed by atoms with Crippen LogP contribution in [-0.4, -0.2) is 36.2 Å². The maximum Gasteiger partial charge on any atom is 0.217 e. The number of carbonyl (C=O) groups excluding carboxylic acids is 1. The fourth-order valence-electron chi connectivity index (χ4n) is 3.57. The van der Waals surface area contributed by atoms with Crippen molar-refractivity contribution in [2.45, 2.75) is 84.7 Å². The number of nitrogens with one attached hydrogen (secondary N) is 2. The van der Waals surface area contributed by atoms with E-state index in [0.29, 0.717) is 6.17 Å². The Hall–Kier alpha value is -1.29. The summed E-state index contributed by atoms with van der Waals surface area (Å²) in [6.07, 6.45) is 21.1. The highest BCUT2D eigenvalue weighted by Gasteiger charge is 2.36. The molecule has 0 saturated heterocycles. The van der Waals surface area contributed by atoms with E-state index in [2.05, 4.69) is 49.0 Å². The van der Waals surface area contributed by atoms with Gasteiger partial charge in [0.05, 0.1) is 19.3 Å². The Kier molecular flexibility index (Phi) is 11.3. The van der Waals surface area contributed by atoms with E-state index in [0.717, 1.165) is 24.1 Å². The number of carbonyl (C=O) groups is 1. The normalized spacial score (nSPS) is 22.4. The molecule has 2 N–H and O–H groups in total. The van der Waals surface area contributed by atoms with Crippen molar-refractivity contribution in [2.24, 2.45) is 0 Å². The average molecular weight is 351 g/mol. The SMILES string of the molecule is CCCCC/C=C/CCCCCC1NC=C[N+]1(CC)CCNC(C)=O. The maximum atomic E-state index is 11.1. The average Bonchev–Trinajstić information content (AvgIpc) is 2.99. The van der Waals surface area contributed by atoms with E-state index in [1.807, 2.05) is 0 Å². The summed E-state index contributed by atoms with van der Waals surface area (Å²) in [5.74, 6) is 0.0599. The van der Waals surface area contributed by atoms with Crippen molar-refractivity contribution in [3.8, 4) is 0 Å². The fraction of sp³-hybridized carbons (Fsp3) is 0.762. The van der Waals surface area contributed by atoms with Gasteiger partial charge >= 0.3 is 0 Å². The number of nitrogens with zero attached hydrogens (tertiary/aromatic N) is 1. The van der Waals surface area contributed by atoms with Crippen LogP contribution in [0.5, 0.6) is 0 Å². The van der Waals surface area contributed by atoms with Crippen molar-refractivity contribution < 1.29 is 9.28 Å². The van der Waals surface area contributed by atoms with Crippen LogP contribution in [0.3, 0.4) is 0 Å². The minimum Gasteiger partial charge on any atom is -0.351 e. The van der Waals surface area contributed by atoms with Gasteiger partial charge in [0.25, 0.3) is 0 Å². The summed E-state index contributed by atoms with van der Waals surface area (Å²) < 4.78 is 0.942. The van der Waals surface area contributed by atoms with E-state index in [1.54, 1.807) is 6.92 Å². The number of hydrogen-bond acceptors (Lipinski definition) is 2. The third-order valence-electron chi connectivity index (χ3n) is 5.26. The van der Waals surface area contributed by atoms with E-state index < -0.39 is 0 Å². The van der Waals surface area contributed by atoms with Crippen molar-refractivity contribution >= 4 is 5.91 Å². The van der Waals surface area contributed by atoms with Crippen LogP contribution in [0.25, 0.3) is 0 Å². The molecule has 4 nitrogen and oxygen atoms in total. The molecule has 0 bridgehead atoms. The lowest BCUT2D eigenvalue weighted by molar-refractivity contribution is -0.898. The second-order valence-electron chi connectivity index (χ2n) is 7.23. The summed E-state index contributed by atoms with van der Waals surface area (Å²) in [5, 5.41) is 6.47. The summed E-state index contributed by atoms with van der Waals surface area (Å²) in [4.78, 5) is 11.1. The van der Waals surface area contributed by atoms with E-state index in [9.17, 15) is 4.79 Å². The molecular weight excluding hydrogens is 310 g/mol. The lowest BCUT2D eigenvalue weighted by Crippen LogP contribution is -2.55. The Balaban J connectivity index is 2.19. The Morgan fingerprint density at radius 2 is 1.84 bits per heavy atom. The van der Waals surface area contributed by atoms with E-state index in [4.69, 9.17) is 0 Å². The van der Waals surface area contributed by atoms with Gasteiger partial charge in [-0.3, -0.25) is 9.28 Å². The smallest absolute Gasteiger partial charge is 0.217 e. The van der Waals surface area contributed by atoms with Gasteiger partial charge in [0.1, 0.15) is 12.7 Å². The fourth-order valence-corrected chi connectivity index (χ4v) is 3.57. The van der Waals surface area contributed by atoms with Gasteiger partial charge in [-0.1, -0.05) is 38.3 Å². The molecule has 1 amide bonds. The zero-order chi connectivity index (χ0) is 18.4. The molecule has 2 atom stereocenters. The van der Waals surface area contributed by atoms with Gasteiger partial charge in [-0.05, 0) is 39.0 Å². The van der Waals surface area contributed by atoms with Gasteiger partial charge in [-0.15, -0.1) is 0 Å². The third kappa shape index (κ3) is 8.57. The molecule has 0 aromatic carbocycles. The minimum absolute atomic E-state index is 0.0599. The third-order valence-corrected chi connectivity index (χ3v) is 5.26. The molecule has 0 spiro atoms. The number of unbranched alkanes of at least 4 members (excludes halogenated alkanes) is 6. The highest BCUT2D eigenvalue weighted by Crippen LogP contribution is 2.22. The Bertz CT molecular complexity index is 419. The van der Waals surface area contributed by atoms with Crippen LogP contribution in [-0.2, 0) is 4.79 Å². The summed E-state index contributed by atoms with van der Waals surface area (Å²) in [5.41, 5.74) is 0. The summed E-state index contributed by atoms with van der Waals surface area (Å²) in [6.45, 7) is 8.85. The molecule has 1 rings (SSSR count). The van der Waals surface area contributed by atoms with E-state index in [1.165, 1.54) is 57.8 Å². The number of quaternary nitrogens is 1.